The summed E-state index contributed by atoms with van der Waals surface area (Å²) in [5.41, 5.74) is 6.08. The third kappa shape index (κ3) is 0.939. The highest BCUT2D eigenvalue weighted by atomic mass is 15.3. The molecule has 0 saturated carbocycles. The quantitative estimate of drug-likeness (QED) is 0.404. The van der Waals surface area contributed by atoms with Gasteiger partial charge >= 0.3 is 0 Å². The van der Waals surface area contributed by atoms with E-state index in [9.17, 15) is 0 Å². The fourth-order valence-electron chi connectivity index (χ4n) is 1.37. The van der Waals surface area contributed by atoms with Gasteiger partial charge in [0.1, 0.15) is 11.7 Å². The summed E-state index contributed by atoms with van der Waals surface area (Å²) in [6.45, 7) is 1.85. The lowest BCUT2D eigenvalue weighted by Gasteiger charge is -2.16. The molecule has 1 aromatic heterocycles. The number of fused-ring (bicyclic) bond motifs is 1. The number of hydrogen-bond donors (Lipinski definition) is 3. The number of amidine groups is 1. The predicted molar refractivity (Wildman–Crippen MR) is 46.3 cm³/mol. The Balaban J connectivity index is 2.44. The van der Waals surface area contributed by atoms with Crippen molar-refractivity contribution >= 4 is 11.7 Å². The molecule has 1 aromatic rings. The number of hydrogen-bond acceptors (Lipinski definition) is 3. The van der Waals surface area contributed by atoms with Crippen molar-refractivity contribution in [2.24, 2.45) is 5.73 Å². The van der Waals surface area contributed by atoms with Gasteiger partial charge in [-0.25, -0.2) is 4.68 Å². The minimum atomic E-state index is 0.0747. The van der Waals surface area contributed by atoms with E-state index < -0.39 is 0 Å². The van der Waals surface area contributed by atoms with Crippen molar-refractivity contribution in [2.45, 2.75) is 13.0 Å². The van der Waals surface area contributed by atoms with Gasteiger partial charge < -0.3 is 11.1 Å². The molecule has 5 nitrogen and oxygen atoms in total. The summed E-state index contributed by atoms with van der Waals surface area (Å²) < 4.78 is 1.85. The van der Waals surface area contributed by atoms with Crippen LogP contribution < -0.4 is 11.1 Å². The van der Waals surface area contributed by atoms with Crippen LogP contribution in [0.15, 0.2) is 6.20 Å². The Morgan fingerprint density at radius 3 is 3.33 bits per heavy atom. The number of aromatic nitrogens is 2. The first kappa shape index (κ1) is 7.15. The van der Waals surface area contributed by atoms with Crippen molar-refractivity contribution in [3.05, 3.63) is 11.8 Å². The van der Waals surface area contributed by atoms with E-state index in [0.29, 0.717) is 5.56 Å². The molecule has 4 N–H and O–H groups in total. The average Bonchev–Trinajstić information content (AvgIpc) is 2.47. The highest BCUT2D eigenvalue weighted by Crippen LogP contribution is 2.17. The maximum atomic E-state index is 7.28. The fourth-order valence-corrected chi connectivity index (χ4v) is 1.37. The second kappa shape index (κ2) is 2.51. The van der Waals surface area contributed by atoms with Crippen LogP contribution in [0.3, 0.4) is 0 Å². The number of aryl methyl sites for hydroxylation is 1. The van der Waals surface area contributed by atoms with Crippen LogP contribution in [0, 0.1) is 5.41 Å². The van der Waals surface area contributed by atoms with Gasteiger partial charge in [0.25, 0.3) is 0 Å². The zero-order chi connectivity index (χ0) is 8.55. The van der Waals surface area contributed by atoms with Crippen molar-refractivity contribution in [1.82, 2.24) is 9.78 Å². The first-order valence-corrected chi connectivity index (χ1v) is 3.93. The molecule has 1 aliphatic heterocycles. The highest BCUT2D eigenvalue weighted by Gasteiger charge is 2.15. The molecular formula is C7H11N5. The second-order valence-corrected chi connectivity index (χ2v) is 2.82. The number of rotatable bonds is 1. The molecule has 0 spiro atoms. The van der Waals surface area contributed by atoms with Gasteiger partial charge in [-0.3, -0.25) is 5.41 Å². The van der Waals surface area contributed by atoms with Gasteiger partial charge in [0.15, 0.2) is 0 Å². The summed E-state index contributed by atoms with van der Waals surface area (Å²) in [5, 5.41) is 14.6. The molecule has 0 atom stereocenters. The fraction of sp³-hybridized carbons (Fsp3) is 0.429. The molecule has 0 fully saturated rings. The zero-order valence-corrected chi connectivity index (χ0v) is 6.67. The van der Waals surface area contributed by atoms with Crippen molar-refractivity contribution in [3.63, 3.8) is 0 Å². The number of nitrogens with one attached hydrogen (secondary N) is 2. The van der Waals surface area contributed by atoms with E-state index in [1.54, 1.807) is 6.20 Å². The largest absolute Gasteiger partial charge is 0.384 e. The van der Waals surface area contributed by atoms with E-state index >= 15 is 0 Å². The van der Waals surface area contributed by atoms with Crippen LogP contribution in [0.2, 0.25) is 0 Å². The van der Waals surface area contributed by atoms with Crippen LogP contribution in [0.1, 0.15) is 12.0 Å². The SMILES string of the molecule is N=C(N)c1cnn2c1NCCC2. The van der Waals surface area contributed by atoms with Crippen LogP contribution in [-0.4, -0.2) is 22.2 Å². The Kier molecular flexibility index (Phi) is 1.49. The van der Waals surface area contributed by atoms with Crippen LogP contribution in [0.5, 0.6) is 0 Å². The number of nitrogen functional groups attached to an aromatic ring is 1. The Labute approximate surface area is 70.1 Å². The molecule has 0 radical (unpaired) electrons. The first-order valence-electron chi connectivity index (χ1n) is 3.93. The van der Waals surface area contributed by atoms with E-state index in [1.807, 2.05) is 4.68 Å². The van der Waals surface area contributed by atoms with Gasteiger partial charge in [-0.2, -0.15) is 5.10 Å². The summed E-state index contributed by atoms with van der Waals surface area (Å²) >= 11 is 0. The molecule has 0 saturated heterocycles. The van der Waals surface area contributed by atoms with Crippen molar-refractivity contribution in [3.8, 4) is 0 Å². The molecule has 0 amide bonds. The lowest BCUT2D eigenvalue weighted by atomic mass is 10.2. The van der Waals surface area contributed by atoms with E-state index in [2.05, 4.69) is 10.4 Å². The molecular weight excluding hydrogens is 154 g/mol. The van der Waals surface area contributed by atoms with Crippen LogP contribution >= 0.6 is 0 Å². The second-order valence-electron chi connectivity index (χ2n) is 2.82. The smallest absolute Gasteiger partial charge is 0.135 e. The van der Waals surface area contributed by atoms with Crippen molar-refractivity contribution < 1.29 is 0 Å². The van der Waals surface area contributed by atoms with E-state index in [1.165, 1.54) is 0 Å². The third-order valence-electron chi connectivity index (χ3n) is 1.97. The Morgan fingerprint density at radius 2 is 2.58 bits per heavy atom. The molecule has 12 heavy (non-hydrogen) atoms. The number of anilines is 1. The van der Waals surface area contributed by atoms with Gasteiger partial charge in [0.05, 0.1) is 11.8 Å². The van der Waals surface area contributed by atoms with Gasteiger partial charge in [0.2, 0.25) is 0 Å². The molecule has 2 rings (SSSR count). The first-order chi connectivity index (χ1) is 5.79. The maximum absolute atomic E-state index is 7.28. The molecule has 2 heterocycles. The zero-order valence-electron chi connectivity index (χ0n) is 6.67. The summed E-state index contributed by atoms with van der Waals surface area (Å²) in [7, 11) is 0. The molecule has 0 unspecified atom stereocenters. The molecule has 5 heteroatoms. The van der Waals surface area contributed by atoms with Crippen molar-refractivity contribution in [1.29, 1.82) is 5.41 Å². The topological polar surface area (TPSA) is 79.7 Å². The Morgan fingerprint density at radius 1 is 1.75 bits per heavy atom. The van der Waals surface area contributed by atoms with Crippen LogP contribution in [0.25, 0.3) is 0 Å². The van der Waals surface area contributed by atoms with Gasteiger partial charge in [0, 0.05) is 13.1 Å². The monoisotopic (exact) mass is 165 g/mol. The molecule has 1 aliphatic rings. The number of nitrogens with two attached hydrogens (primary N) is 1. The normalized spacial score (nSPS) is 15.0. The van der Waals surface area contributed by atoms with Crippen LogP contribution in [-0.2, 0) is 6.54 Å². The van der Waals surface area contributed by atoms with E-state index in [-0.39, 0.29) is 5.84 Å². The lowest BCUT2D eigenvalue weighted by molar-refractivity contribution is 0.567. The maximum Gasteiger partial charge on any atom is 0.135 e. The standard InChI is InChI=1S/C7H11N5/c8-6(9)5-4-11-12-3-1-2-10-7(5)12/h4,10H,1-3H2,(H3,8,9). The molecule has 0 aromatic carbocycles. The Hall–Kier alpha value is -1.52. The molecule has 0 bridgehead atoms. The molecule has 0 aliphatic carbocycles. The van der Waals surface area contributed by atoms with Crippen molar-refractivity contribution in [2.75, 3.05) is 11.9 Å². The summed E-state index contributed by atoms with van der Waals surface area (Å²) in [6.07, 6.45) is 2.71. The van der Waals surface area contributed by atoms with Crippen LogP contribution in [0.4, 0.5) is 5.82 Å². The minimum absolute atomic E-state index is 0.0747. The van der Waals surface area contributed by atoms with Gasteiger partial charge in [-0.05, 0) is 6.42 Å². The summed E-state index contributed by atoms with van der Waals surface area (Å²) in [6, 6.07) is 0. The van der Waals surface area contributed by atoms with Gasteiger partial charge in [-0.1, -0.05) is 0 Å². The molecule has 64 valence electrons. The average molecular weight is 165 g/mol. The Bertz CT molecular complexity index is 314. The highest BCUT2D eigenvalue weighted by molar-refractivity contribution is 5.99. The third-order valence-corrected chi connectivity index (χ3v) is 1.97. The summed E-state index contributed by atoms with van der Waals surface area (Å²) in [4.78, 5) is 0. The lowest BCUT2D eigenvalue weighted by Crippen LogP contribution is -2.21. The number of nitrogens with zero attached hydrogens (tertiary/aromatic N) is 2. The van der Waals surface area contributed by atoms with E-state index in [0.717, 1.165) is 25.3 Å². The minimum Gasteiger partial charge on any atom is -0.384 e. The van der Waals surface area contributed by atoms with Gasteiger partial charge in [-0.15, -0.1) is 0 Å². The van der Waals surface area contributed by atoms with E-state index in [4.69, 9.17) is 11.1 Å². The predicted octanol–water partition coefficient (Wildman–Crippen LogP) is -0.0172. The summed E-state index contributed by atoms with van der Waals surface area (Å²) in [5.74, 6) is 0.958.